The molecular formula is C12H14ClNO5S. The largest absolute Gasteiger partial charge is 0.487 e. The number of hydrogen-bond acceptors (Lipinski definition) is 5. The molecule has 0 heterocycles. The Morgan fingerprint density at radius 1 is 1.35 bits per heavy atom. The van der Waals surface area contributed by atoms with E-state index in [2.05, 4.69) is 0 Å². The quantitative estimate of drug-likeness (QED) is 0.473. The second-order valence-corrected chi connectivity index (χ2v) is 7.35. The summed E-state index contributed by atoms with van der Waals surface area (Å²) in [7, 11) is 1.18. The molecular weight excluding hydrogens is 306 g/mol. The Kier molecular flexibility index (Phi) is 4.49. The molecule has 0 aromatic heterocycles. The number of benzene rings is 1. The molecule has 0 spiro atoms. The first-order valence-corrected chi connectivity index (χ1v) is 8.55. The zero-order valence-corrected chi connectivity index (χ0v) is 12.2. The molecule has 0 aliphatic heterocycles. The molecule has 1 aromatic rings. The first kappa shape index (κ1) is 15.1. The van der Waals surface area contributed by atoms with Crippen LogP contribution in [0.15, 0.2) is 23.1 Å². The molecule has 0 saturated heterocycles. The van der Waals surface area contributed by atoms with Crippen LogP contribution in [0.5, 0.6) is 5.75 Å². The van der Waals surface area contributed by atoms with E-state index in [4.69, 9.17) is 15.4 Å². The van der Waals surface area contributed by atoms with Gasteiger partial charge in [-0.3, -0.25) is 10.1 Å². The van der Waals surface area contributed by atoms with Gasteiger partial charge in [0.2, 0.25) is 0 Å². The molecule has 20 heavy (non-hydrogen) atoms. The summed E-state index contributed by atoms with van der Waals surface area (Å²) in [6.45, 7) is 0.411. The average molecular weight is 320 g/mol. The number of halogens is 1. The first-order valence-electron chi connectivity index (χ1n) is 6.24. The molecule has 2 rings (SSSR count). The second kappa shape index (κ2) is 5.97. The first-order chi connectivity index (χ1) is 9.38. The van der Waals surface area contributed by atoms with E-state index in [-0.39, 0.29) is 16.3 Å². The van der Waals surface area contributed by atoms with Gasteiger partial charge in [0.1, 0.15) is 0 Å². The van der Waals surface area contributed by atoms with Gasteiger partial charge in [0.05, 0.1) is 16.4 Å². The Morgan fingerprint density at radius 2 is 2.00 bits per heavy atom. The summed E-state index contributed by atoms with van der Waals surface area (Å²) in [5.74, 6) is 0.483. The molecule has 1 aliphatic rings. The lowest BCUT2D eigenvalue weighted by Gasteiger charge is -2.11. The van der Waals surface area contributed by atoms with Crippen LogP contribution < -0.4 is 4.74 Å². The Morgan fingerprint density at radius 3 is 2.55 bits per heavy atom. The fourth-order valence-electron chi connectivity index (χ4n) is 2.30. The Balaban J connectivity index is 2.21. The van der Waals surface area contributed by atoms with Crippen molar-refractivity contribution in [2.24, 2.45) is 5.92 Å². The van der Waals surface area contributed by atoms with Gasteiger partial charge in [0, 0.05) is 16.7 Å². The minimum Gasteiger partial charge on any atom is -0.487 e. The number of rotatable bonds is 5. The van der Waals surface area contributed by atoms with E-state index in [1.165, 1.54) is 12.1 Å². The summed E-state index contributed by atoms with van der Waals surface area (Å²) < 4.78 is 27.8. The van der Waals surface area contributed by atoms with Gasteiger partial charge in [-0.05, 0) is 30.9 Å². The van der Waals surface area contributed by atoms with Gasteiger partial charge in [0.15, 0.2) is 5.75 Å². The normalized spacial score (nSPS) is 16.2. The van der Waals surface area contributed by atoms with E-state index in [1.807, 2.05) is 0 Å². The molecule has 0 bridgehead atoms. The van der Waals surface area contributed by atoms with E-state index < -0.39 is 14.0 Å². The molecule has 1 aromatic carbocycles. The van der Waals surface area contributed by atoms with E-state index in [0.29, 0.717) is 12.5 Å². The molecule has 0 amide bonds. The standard InChI is InChI=1S/C12H14ClNO5S/c13-20(17,18)10-5-6-12(11(7-10)14(15)16)19-8-9-3-1-2-4-9/h5-7,9H,1-4,8H2. The number of ether oxygens (including phenoxy) is 1. The molecule has 1 saturated carbocycles. The van der Waals surface area contributed by atoms with Crippen LogP contribution in [0.3, 0.4) is 0 Å². The minimum absolute atomic E-state index is 0.0750. The molecule has 0 N–H and O–H groups in total. The minimum atomic E-state index is -3.99. The van der Waals surface area contributed by atoms with Crippen molar-refractivity contribution in [1.29, 1.82) is 0 Å². The van der Waals surface area contributed by atoms with Gasteiger partial charge < -0.3 is 4.74 Å². The fraction of sp³-hybridized carbons (Fsp3) is 0.500. The predicted octanol–water partition coefficient (Wildman–Crippen LogP) is 3.09. The van der Waals surface area contributed by atoms with Gasteiger partial charge in [-0.25, -0.2) is 8.42 Å². The number of nitrogens with zero attached hydrogens (tertiary/aromatic N) is 1. The topological polar surface area (TPSA) is 86.5 Å². The highest BCUT2D eigenvalue weighted by Gasteiger charge is 2.22. The molecule has 8 heteroatoms. The lowest BCUT2D eigenvalue weighted by molar-refractivity contribution is -0.386. The van der Waals surface area contributed by atoms with Crippen LogP contribution in [0.25, 0.3) is 0 Å². The summed E-state index contributed by atoms with van der Waals surface area (Å²) in [5.41, 5.74) is -0.385. The van der Waals surface area contributed by atoms with Crippen LogP contribution in [0.4, 0.5) is 5.69 Å². The average Bonchev–Trinajstić information content (AvgIpc) is 2.88. The van der Waals surface area contributed by atoms with Crippen molar-refractivity contribution in [1.82, 2.24) is 0 Å². The van der Waals surface area contributed by atoms with Crippen LogP contribution in [-0.4, -0.2) is 19.9 Å². The van der Waals surface area contributed by atoms with Crippen molar-refractivity contribution in [3.05, 3.63) is 28.3 Å². The predicted molar refractivity (Wildman–Crippen MR) is 73.6 cm³/mol. The van der Waals surface area contributed by atoms with E-state index in [1.54, 1.807) is 0 Å². The Labute approximate surface area is 121 Å². The monoisotopic (exact) mass is 319 g/mol. The molecule has 6 nitrogen and oxygen atoms in total. The van der Waals surface area contributed by atoms with Crippen molar-refractivity contribution < 1.29 is 18.1 Å². The fourth-order valence-corrected chi connectivity index (χ4v) is 3.07. The van der Waals surface area contributed by atoms with Crippen molar-refractivity contribution >= 4 is 25.4 Å². The van der Waals surface area contributed by atoms with Gasteiger partial charge in [-0.2, -0.15) is 0 Å². The lowest BCUT2D eigenvalue weighted by atomic mass is 10.1. The van der Waals surface area contributed by atoms with Crippen LogP contribution in [-0.2, 0) is 9.05 Å². The second-order valence-electron chi connectivity index (χ2n) is 4.79. The van der Waals surface area contributed by atoms with Crippen LogP contribution >= 0.6 is 10.7 Å². The lowest BCUT2D eigenvalue weighted by Crippen LogP contribution is -2.09. The van der Waals surface area contributed by atoms with Gasteiger partial charge in [-0.1, -0.05) is 12.8 Å². The maximum absolute atomic E-state index is 11.2. The van der Waals surface area contributed by atoms with Crippen molar-refractivity contribution in [2.45, 2.75) is 30.6 Å². The van der Waals surface area contributed by atoms with Crippen LogP contribution in [0, 0.1) is 16.0 Å². The number of nitro groups is 1. The highest BCUT2D eigenvalue weighted by molar-refractivity contribution is 8.13. The summed E-state index contributed by atoms with van der Waals surface area (Å²) in [5, 5.41) is 11.0. The zero-order valence-electron chi connectivity index (χ0n) is 10.6. The summed E-state index contributed by atoms with van der Waals surface area (Å²) in [4.78, 5) is 10.0. The van der Waals surface area contributed by atoms with Crippen molar-refractivity contribution in [3.63, 3.8) is 0 Å². The van der Waals surface area contributed by atoms with E-state index in [0.717, 1.165) is 31.7 Å². The third-order valence-electron chi connectivity index (χ3n) is 3.36. The molecule has 1 fully saturated rings. The molecule has 110 valence electrons. The van der Waals surface area contributed by atoms with Crippen LogP contribution in [0.1, 0.15) is 25.7 Å². The van der Waals surface area contributed by atoms with Gasteiger partial charge >= 0.3 is 5.69 Å². The highest BCUT2D eigenvalue weighted by atomic mass is 35.7. The van der Waals surface area contributed by atoms with E-state index >= 15 is 0 Å². The number of hydrogen-bond donors (Lipinski definition) is 0. The van der Waals surface area contributed by atoms with Crippen molar-refractivity contribution in [3.8, 4) is 5.75 Å². The van der Waals surface area contributed by atoms with Gasteiger partial charge in [0.25, 0.3) is 9.05 Å². The maximum atomic E-state index is 11.2. The highest BCUT2D eigenvalue weighted by Crippen LogP contribution is 2.32. The van der Waals surface area contributed by atoms with Gasteiger partial charge in [-0.15, -0.1) is 0 Å². The third kappa shape index (κ3) is 3.61. The molecule has 0 atom stereocenters. The number of nitro benzene ring substituents is 1. The Hall–Kier alpha value is -1.34. The molecule has 0 radical (unpaired) electrons. The Bertz CT molecular complexity index is 610. The maximum Gasteiger partial charge on any atom is 0.312 e. The van der Waals surface area contributed by atoms with E-state index in [9.17, 15) is 18.5 Å². The summed E-state index contributed by atoms with van der Waals surface area (Å²) >= 11 is 0. The van der Waals surface area contributed by atoms with Crippen molar-refractivity contribution in [2.75, 3.05) is 6.61 Å². The molecule has 1 aliphatic carbocycles. The zero-order chi connectivity index (χ0) is 14.8. The third-order valence-corrected chi connectivity index (χ3v) is 4.71. The summed E-state index contributed by atoms with van der Waals surface area (Å²) in [6, 6.07) is 3.41. The summed E-state index contributed by atoms with van der Waals surface area (Å²) in [6.07, 6.45) is 4.42. The van der Waals surface area contributed by atoms with Crippen LogP contribution in [0.2, 0.25) is 0 Å². The molecule has 0 unspecified atom stereocenters. The SMILES string of the molecule is O=[N+]([O-])c1cc(S(=O)(=O)Cl)ccc1OCC1CCCC1. The smallest absolute Gasteiger partial charge is 0.312 e.